The highest BCUT2D eigenvalue weighted by Crippen LogP contribution is 2.32. The number of thioether (sulfide) groups is 1. The van der Waals surface area contributed by atoms with Crippen LogP contribution < -0.4 is 0 Å². The molecule has 2 heterocycles. The number of hydrogen-bond donors (Lipinski definition) is 1. The van der Waals surface area contributed by atoms with Crippen molar-refractivity contribution in [2.75, 3.05) is 12.9 Å². The van der Waals surface area contributed by atoms with Crippen LogP contribution in [0.2, 0.25) is 0 Å². The summed E-state index contributed by atoms with van der Waals surface area (Å²) in [7, 11) is 0. The van der Waals surface area contributed by atoms with Gasteiger partial charge in [-0.2, -0.15) is 5.06 Å². The van der Waals surface area contributed by atoms with E-state index >= 15 is 0 Å². The minimum Gasteiger partial charge on any atom is -0.369 e. The van der Waals surface area contributed by atoms with E-state index in [-0.39, 0.29) is 6.04 Å². The molecule has 0 radical (unpaired) electrons. The summed E-state index contributed by atoms with van der Waals surface area (Å²) >= 11 is 1.43. The lowest BCUT2D eigenvalue weighted by molar-refractivity contribution is -0.329. The molecular weight excluding hydrogens is 316 g/mol. The van der Waals surface area contributed by atoms with E-state index in [1.807, 2.05) is 50.4 Å². The molecule has 1 aromatic rings. The largest absolute Gasteiger partial charge is 0.369 e. The van der Waals surface area contributed by atoms with Gasteiger partial charge in [0.1, 0.15) is 18.8 Å². The molecule has 1 fully saturated rings. The van der Waals surface area contributed by atoms with Gasteiger partial charge in [-0.05, 0) is 25.7 Å². The fourth-order valence-corrected chi connectivity index (χ4v) is 3.21. The maximum atomic E-state index is 10.7. The van der Waals surface area contributed by atoms with E-state index in [0.717, 1.165) is 5.56 Å². The molecule has 0 spiro atoms. The highest BCUT2D eigenvalue weighted by Gasteiger charge is 2.46. The third-order valence-corrected chi connectivity index (χ3v) is 4.45. The van der Waals surface area contributed by atoms with E-state index in [9.17, 15) is 5.11 Å². The van der Waals surface area contributed by atoms with Crippen LogP contribution in [0.1, 0.15) is 19.4 Å². The number of ether oxygens (including phenoxy) is 2. The predicted molar refractivity (Wildman–Crippen MR) is 88.7 cm³/mol. The summed E-state index contributed by atoms with van der Waals surface area (Å²) in [6.07, 6.45) is 0.497. The molecule has 0 amide bonds. The maximum Gasteiger partial charge on any atom is 0.186 e. The van der Waals surface area contributed by atoms with Gasteiger partial charge in [0.05, 0.1) is 6.61 Å². The Balaban J connectivity index is 1.75. The Bertz CT molecular complexity index is 566. The van der Waals surface area contributed by atoms with Crippen molar-refractivity contribution in [3.05, 3.63) is 35.9 Å². The molecule has 1 saturated heterocycles. The van der Waals surface area contributed by atoms with Crippen LogP contribution >= 0.6 is 11.8 Å². The molecule has 0 aromatic heterocycles. The van der Waals surface area contributed by atoms with Crippen molar-refractivity contribution in [1.29, 1.82) is 0 Å². The Kier molecular flexibility index (Phi) is 4.93. The predicted octanol–water partition coefficient (Wildman–Crippen LogP) is 1.99. The van der Waals surface area contributed by atoms with Gasteiger partial charge in [0, 0.05) is 0 Å². The molecule has 7 heteroatoms. The zero-order valence-electron chi connectivity index (χ0n) is 13.5. The highest BCUT2D eigenvalue weighted by molar-refractivity contribution is 8.13. The average molecular weight is 338 g/mol. The lowest BCUT2D eigenvalue weighted by Crippen LogP contribution is -2.61. The second-order valence-corrected chi connectivity index (χ2v) is 6.75. The summed E-state index contributed by atoms with van der Waals surface area (Å²) in [5.74, 6) is -0.736. The van der Waals surface area contributed by atoms with E-state index in [0.29, 0.717) is 18.4 Å². The Morgan fingerprint density at radius 1 is 1.39 bits per heavy atom. The van der Waals surface area contributed by atoms with Crippen LogP contribution in [0.3, 0.4) is 0 Å². The molecule has 0 saturated carbocycles. The van der Waals surface area contributed by atoms with Gasteiger partial charge >= 0.3 is 0 Å². The van der Waals surface area contributed by atoms with Crippen LogP contribution in [0.15, 0.2) is 35.3 Å². The summed E-state index contributed by atoms with van der Waals surface area (Å²) in [5.41, 5.74) is 1.02. The molecule has 6 nitrogen and oxygen atoms in total. The van der Waals surface area contributed by atoms with Crippen LogP contribution in [0.5, 0.6) is 0 Å². The van der Waals surface area contributed by atoms with Crippen LogP contribution in [0, 0.1) is 0 Å². The second kappa shape index (κ2) is 6.78. The molecule has 0 aliphatic carbocycles. The van der Waals surface area contributed by atoms with Gasteiger partial charge in [-0.1, -0.05) is 42.1 Å². The summed E-state index contributed by atoms with van der Waals surface area (Å²) < 4.78 is 11.5. The number of amidine groups is 1. The number of hydrogen-bond acceptors (Lipinski definition) is 7. The Morgan fingerprint density at radius 2 is 2.13 bits per heavy atom. The van der Waals surface area contributed by atoms with E-state index in [2.05, 4.69) is 4.99 Å². The van der Waals surface area contributed by atoms with Crippen molar-refractivity contribution in [2.24, 2.45) is 4.99 Å². The van der Waals surface area contributed by atoms with E-state index in [1.165, 1.54) is 16.8 Å². The number of benzene rings is 1. The number of aliphatic hydroxyl groups excluding tert-OH is 1. The van der Waals surface area contributed by atoms with Gasteiger partial charge < -0.3 is 14.6 Å². The summed E-state index contributed by atoms with van der Waals surface area (Å²) in [6.45, 7) is 4.44. The minimum absolute atomic E-state index is 0.225. The normalized spacial score (nSPS) is 29.8. The molecule has 126 valence electrons. The van der Waals surface area contributed by atoms with Crippen molar-refractivity contribution < 1.29 is 19.4 Å². The van der Waals surface area contributed by atoms with Gasteiger partial charge in [0.25, 0.3) is 0 Å². The smallest absolute Gasteiger partial charge is 0.186 e. The first-order valence-corrected chi connectivity index (χ1v) is 8.80. The van der Waals surface area contributed by atoms with E-state index in [4.69, 9.17) is 14.3 Å². The number of nitrogens with zero attached hydrogens (tertiary/aromatic N) is 2. The number of hydroxylamine groups is 2. The molecule has 0 unspecified atom stereocenters. The molecule has 3 rings (SSSR count). The molecule has 1 N–H and O–H groups in total. The third-order valence-electron chi connectivity index (χ3n) is 3.80. The quantitative estimate of drug-likeness (QED) is 0.909. The zero-order chi connectivity index (χ0) is 16.4. The van der Waals surface area contributed by atoms with Gasteiger partial charge in [0.2, 0.25) is 0 Å². The van der Waals surface area contributed by atoms with Gasteiger partial charge in [-0.15, -0.1) is 0 Å². The fraction of sp³-hybridized carbons (Fsp3) is 0.562. The summed E-state index contributed by atoms with van der Waals surface area (Å²) in [5, 5.41) is 12.8. The molecule has 2 aliphatic rings. The molecular formula is C16H22N2O4S. The van der Waals surface area contributed by atoms with E-state index < -0.39 is 18.1 Å². The zero-order valence-corrected chi connectivity index (χ0v) is 14.3. The van der Waals surface area contributed by atoms with Crippen LogP contribution in [-0.4, -0.2) is 52.4 Å². The van der Waals surface area contributed by atoms with Gasteiger partial charge in [-0.3, -0.25) is 9.83 Å². The first-order chi connectivity index (χ1) is 11.0. The van der Waals surface area contributed by atoms with Crippen molar-refractivity contribution in [3.8, 4) is 0 Å². The van der Waals surface area contributed by atoms with Gasteiger partial charge in [-0.25, -0.2) is 0 Å². The molecule has 2 aliphatic heterocycles. The van der Waals surface area contributed by atoms with Crippen LogP contribution in [0.25, 0.3) is 0 Å². The number of rotatable bonds is 3. The Labute approximate surface area is 140 Å². The van der Waals surface area contributed by atoms with Crippen molar-refractivity contribution >= 4 is 16.9 Å². The first-order valence-electron chi connectivity index (χ1n) is 7.58. The van der Waals surface area contributed by atoms with E-state index in [1.54, 1.807) is 0 Å². The van der Waals surface area contributed by atoms with Crippen LogP contribution in [0.4, 0.5) is 0 Å². The Morgan fingerprint density at radius 3 is 2.83 bits per heavy atom. The molecule has 3 atom stereocenters. The first kappa shape index (κ1) is 16.7. The fourth-order valence-electron chi connectivity index (χ4n) is 2.63. The standard InChI is InChI=1S/C16H22N2O4S/c1-16(2)20-10-12-13(22-16)14(19)18(15(17-12)23-3)21-9-11-7-5-4-6-8-11/h4-8,12-14,19H,9-10H2,1-3H3/t12-,13+,14-/m1/s1. The van der Waals surface area contributed by atoms with Crippen molar-refractivity contribution in [2.45, 2.75) is 44.6 Å². The SMILES string of the molecule is CSC1=N[C@@H]2COC(C)(C)O[C@@H]2[C@@H](O)N1OCc1ccccc1. The highest BCUT2D eigenvalue weighted by atomic mass is 32.2. The lowest BCUT2D eigenvalue weighted by atomic mass is 10.1. The van der Waals surface area contributed by atoms with Crippen molar-refractivity contribution in [3.63, 3.8) is 0 Å². The minimum atomic E-state index is -0.924. The van der Waals surface area contributed by atoms with Crippen LogP contribution in [-0.2, 0) is 20.9 Å². The summed E-state index contributed by atoms with van der Waals surface area (Å²) in [4.78, 5) is 10.4. The second-order valence-electron chi connectivity index (χ2n) is 5.97. The summed E-state index contributed by atoms with van der Waals surface area (Å²) in [6, 6.07) is 9.59. The monoisotopic (exact) mass is 338 g/mol. The molecule has 23 heavy (non-hydrogen) atoms. The molecule has 0 bridgehead atoms. The molecule has 1 aromatic carbocycles. The number of fused-ring (bicyclic) bond motifs is 1. The average Bonchev–Trinajstić information content (AvgIpc) is 2.55. The maximum absolute atomic E-state index is 10.7. The van der Waals surface area contributed by atoms with Crippen molar-refractivity contribution in [1.82, 2.24) is 5.06 Å². The Hall–Kier alpha value is -1.12. The third kappa shape index (κ3) is 3.70. The lowest BCUT2D eigenvalue weighted by Gasteiger charge is -2.46. The number of aliphatic imine (C=N–C) groups is 1. The van der Waals surface area contributed by atoms with Gasteiger partial charge in [0.15, 0.2) is 17.2 Å². The topological polar surface area (TPSA) is 63.5 Å². The number of aliphatic hydroxyl groups is 1.